The van der Waals surface area contributed by atoms with Crippen LogP contribution in [0.1, 0.15) is 45.5 Å². The van der Waals surface area contributed by atoms with E-state index in [1.807, 2.05) is 0 Å². The van der Waals surface area contributed by atoms with Crippen LogP contribution in [0.4, 0.5) is 48.3 Å². The van der Waals surface area contributed by atoms with Crippen LogP contribution in [0.5, 0.6) is 0 Å². The maximum atomic E-state index is 14.6. The highest BCUT2D eigenvalue weighted by atomic mass is 35.5. The Hall–Kier alpha value is -2.63. The van der Waals surface area contributed by atoms with E-state index in [2.05, 4.69) is 0 Å². The maximum Gasteiger partial charge on any atom is 0.417 e. The lowest BCUT2D eigenvalue weighted by Crippen LogP contribution is -2.20. The SMILES string of the molecule is CC(=O)c1ccc(/C(F)=C/C(c2cc(F)c(Cl)c(C(F)(F)F)c2)C(F)(F)F)cc1C(F)(F)F. The van der Waals surface area contributed by atoms with Gasteiger partial charge in [-0.2, -0.15) is 39.5 Å². The quantitative estimate of drug-likeness (QED) is 0.298. The summed E-state index contributed by atoms with van der Waals surface area (Å²) in [7, 11) is 0. The highest BCUT2D eigenvalue weighted by molar-refractivity contribution is 6.31. The lowest BCUT2D eigenvalue weighted by molar-refractivity contribution is -0.142. The molecule has 1 nitrogen and oxygen atoms in total. The number of hydrogen-bond acceptors (Lipinski definition) is 1. The van der Waals surface area contributed by atoms with Crippen molar-refractivity contribution >= 4 is 23.2 Å². The Morgan fingerprint density at radius 2 is 1.45 bits per heavy atom. The molecule has 0 spiro atoms. The second-order valence-electron chi connectivity index (χ2n) is 6.71. The maximum absolute atomic E-state index is 14.6. The number of halogens is 12. The van der Waals surface area contributed by atoms with Gasteiger partial charge in [0.15, 0.2) is 5.78 Å². The van der Waals surface area contributed by atoms with Crippen molar-refractivity contribution in [2.45, 2.75) is 31.4 Å². The van der Waals surface area contributed by atoms with E-state index in [0.29, 0.717) is 12.1 Å². The van der Waals surface area contributed by atoms with Gasteiger partial charge in [-0.3, -0.25) is 4.79 Å². The molecule has 0 heterocycles. The summed E-state index contributed by atoms with van der Waals surface area (Å²) in [4.78, 5) is 11.4. The minimum absolute atomic E-state index is 0.0134. The number of ketones is 1. The first-order valence-electron chi connectivity index (χ1n) is 8.56. The van der Waals surface area contributed by atoms with Crippen molar-refractivity contribution in [3.63, 3.8) is 0 Å². The summed E-state index contributed by atoms with van der Waals surface area (Å²) < 4.78 is 147. The van der Waals surface area contributed by atoms with Crippen LogP contribution in [0.25, 0.3) is 5.83 Å². The molecule has 0 aromatic heterocycles. The molecule has 1 atom stereocenters. The molecule has 0 amide bonds. The molecule has 0 aliphatic rings. The Labute approximate surface area is 183 Å². The minimum atomic E-state index is -5.47. The van der Waals surface area contributed by atoms with Crippen molar-refractivity contribution in [1.29, 1.82) is 0 Å². The monoisotopic (exact) mass is 510 g/mol. The van der Waals surface area contributed by atoms with Gasteiger partial charge in [0.2, 0.25) is 0 Å². The van der Waals surface area contributed by atoms with Crippen molar-refractivity contribution in [2.75, 3.05) is 0 Å². The Bertz CT molecular complexity index is 1090. The van der Waals surface area contributed by atoms with Crippen LogP contribution in [-0.2, 0) is 12.4 Å². The Balaban J connectivity index is 2.69. The second kappa shape index (κ2) is 8.96. The highest BCUT2D eigenvalue weighted by Gasteiger charge is 2.43. The van der Waals surface area contributed by atoms with Gasteiger partial charge in [-0.15, -0.1) is 0 Å². The van der Waals surface area contributed by atoms with Gasteiger partial charge in [-0.25, -0.2) is 8.78 Å². The van der Waals surface area contributed by atoms with Crippen molar-refractivity contribution in [3.05, 3.63) is 75.1 Å². The highest BCUT2D eigenvalue weighted by Crippen LogP contribution is 2.43. The van der Waals surface area contributed by atoms with Crippen molar-refractivity contribution in [1.82, 2.24) is 0 Å². The molecule has 0 N–H and O–H groups in total. The fourth-order valence-corrected chi connectivity index (χ4v) is 3.07. The van der Waals surface area contributed by atoms with Gasteiger partial charge in [0, 0.05) is 11.1 Å². The number of carbonyl (C=O) groups is 1. The van der Waals surface area contributed by atoms with E-state index in [9.17, 15) is 53.1 Å². The van der Waals surface area contributed by atoms with E-state index in [1.165, 1.54) is 0 Å². The molecule has 2 aromatic rings. The average Bonchev–Trinajstić information content (AvgIpc) is 2.64. The molecule has 33 heavy (non-hydrogen) atoms. The molecule has 0 fully saturated rings. The zero-order valence-corrected chi connectivity index (χ0v) is 16.7. The first-order chi connectivity index (χ1) is 14.8. The summed E-state index contributed by atoms with van der Waals surface area (Å²) in [6, 6.07) is 1.10. The van der Waals surface area contributed by atoms with Gasteiger partial charge in [0.1, 0.15) is 17.6 Å². The molecule has 1 unspecified atom stereocenters. The third kappa shape index (κ3) is 6.04. The average molecular weight is 511 g/mol. The topological polar surface area (TPSA) is 17.1 Å². The lowest BCUT2D eigenvalue weighted by Gasteiger charge is -2.20. The normalized spacial score (nSPS) is 14.4. The van der Waals surface area contributed by atoms with E-state index in [4.69, 9.17) is 11.6 Å². The van der Waals surface area contributed by atoms with E-state index in [0.717, 1.165) is 6.92 Å². The first kappa shape index (κ1) is 26.6. The number of rotatable bonds is 4. The molecular formula is C20H10ClF11O. The van der Waals surface area contributed by atoms with E-state index < -0.39 is 74.7 Å². The van der Waals surface area contributed by atoms with Gasteiger partial charge >= 0.3 is 18.5 Å². The number of benzene rings is 2. The zero-order chi connectivity index (χ0) is 25.5. The molecule has 0 aliphatic carbocycles. The molecular weight excluding hydrogens is 501 g/mol. The lowest BCUT2D eigenvalue weighted by atomic mass is 9.93. The van der Waals surface area contributed by atoms with Crippen LogP contribution in [0.15, 0.2) is 36.4 Å². The van der Waals surface area contributed by atoms with Crippen LogP contribution >= 0.6 is 11.6 Å². The van der Waals surface area contributed by atoms with Crippen LogP contribution < -0.4 is 0 Å². The number of alkyl halides is 9. The number of hydrogen-bond donors (Lipinski definition) is 0. The summed E-state index contributed by atoms with van der Waals surface area (Å²) in [5.74, 6) is -7.99. The molecule has 0 saturated carbocycles. The van der Waals surface area contributed by atoms with Crippen LogP contribution in [-0.4, -0.2) is 12.0 Å². The van der Waals surface area contributed by atoms with Crippen LogP contribution in [0, 0.1) is 5.82 Å². The number of Topliss-reactive ketones (excluding diaryl/α,β-unsaturated/α-hetero) is 1. The third-order valence-corrected chi connectivity index (χ3v) is 4.74. The zero-order valence-electron chi connectivity index (χ0n) is 16.0. The van der Waals surface area contributed by atoms with Crippen molar-refractivity contribution < 1.29 is 53.1 Å². The van der Waals surface area contributed by atoms with E-state index >= 15 is 0 Å². The molecule has 0 aliphatic heterocycles. The minimum Gasteiger partial charge on any atom is -0.294 e. The van der Waals surface area contributed by atoms with E-state index in [-0.39, 0.29) is 24.3 Å². The Kier molecular flexibility index (Phi) is 7.23. The first-order valence-corrected chi connectivity index (χ1v) is 8.94. The summed E-state index contributed by atoms with van der Waals surface area (Å²) in [5, 5.41) is -1.51. The standard InChI is InChI=1S/C20H10ClF11O/c1-8(33)11-3-2-9(4-13(11)19(27,28)29)15(22)7-12(18(24,25)26)10-5-14(20(30,31)32)17(21)16(23)6-10/h2-7,12H,1H3/b15-7-. The molecule has 0 saturated heterocycles. The van der Waals surface area contributed by atoms with Crippen molar-refractivity contribution in [2.24, 2.45) is 0 Å². The van der Waals surface area contributed by atoms with E-state index in [1.54, 1.807) is 0 Å². The summed E-state index contributed by atoms with van der Waals surface area (Å²) >= 11 is 5.17. The second-order valence-corrected chi connectivity index (χ2v) is 7.09. The molecule has 0 radical (unpaired) electrons. The Morgan fingerprint density at radius 3 is 1.91 bits per heavy atom. The predicted molar refractivity (Wildman–Crippen MR) is 95.7 cm³/mol. The van der Waals surface area contributed by atoms with Gasteiger partial charge in [0.05, 0.1) is 16.1 Å². The Morgan fingerprint density at radius 1 is 0.909 bits per heavy atom. The van der Waals surface area contributed by atoms with Gasteiger partial charge in [-0.05, 0) is 36.8 Å². The van der Waals surface area contributed by atoms with Crippen LogP contribution in [0.2, 0.25) is 5.02 Å². The van der Waals surface area contributed by atoms with Crippen LogP contribution in [0.3, 0.4) is 0 Å². The smallest absolute Gasteiger partial charge is 0.294 e. The van der Waals surface area contributed by atoms with Crippen molar-refractivity contribution in [3.8, 4) is 0 Å². The number of carbonyl (C=O) groups excluding carboxylic acids is 1. The van der Waals surface area contributed by atoms with Gasteiger partial charge < -0.3 is 0 Å². The molecule has 2 aromatic carbocycles. The van der Waals surface area contributed by atoms with Gasteiger partial charge in [-0.1, -0.05) is 23.7 Å². The number of allylic oxidation sites excluding steroid dienone is 1. The molecule has 2 rings (SSSR count). The molecule has 180 valence electrons. The summed E-state index contributed by atoms with van der Waals surface area (Å²) in [6.07, 6.45) is -16.3. The van der Waals surface area contributed by atoms with Gasteiger partial charge in [0.25, 0.3) is 0 Å². The molecule has 0 bridgehead atoms. The molecule has 13 heteroatoms. The fraction of sp³-hybridized carbons (Fsp3) is 0.250. The fourth-order valence-electron chi connectivity index (χ4n) is 2.85. The largest absolute Gasteiger partial charge is 0.417 e. The summed E-state index contributed by atoms with van der Waals surface area (Å²) in [6.45, 7) is 0.781. The third-order valence-electron chi connectivity index (χ3n) is 4.36. The predicted octanol–water partition coefficient (Wildman–Crippen LogP) is 8.38. The summed E-state index contributed by atoms with van der Waals surface area (Å²) in [5.41, 5.74) is -6.87.